The van der Waals surface area contributed by atoms with Crippen LogP contribution in [0.15, 0.2) is 11.6 Å². The van der Waals surface area contributed by atoms with Gasteiger partial charge in [0.1, 0.15) is 6.10 Å². The van der Waals surface area contributed by atoms with Gasteiger partial charge in [-0.3, -0.25) is 14.2 Å². The van der Waals surface area contributed by atoms with Crippen LogP contribution in [0.5, 0.6) is 0 Å². The van der Waals surface area contributed by atoms with E-state index in [1.807, 2.05) is 0 Å². The lowest BCUT2D eigenvalue weighted by atomic mass is 9.47. The molecule has 51 heavy (non-hydrogen) atoms. The molecule has 0 aromatic heterocycles. The van der Waals surface area contributed by atoms with E-state index < -0.39 is 7.60 Å². The highest BCUT2D eigenvalue weighted by Crippen LogP contribution is 2.67. The second-order valence-electron chi connectivity index (χ2n) is 17.8. The quantitative estimate of drug-likeness (QED) is 0.0469. The predicted octanol–water partition coefficient (Wildman–Crippen LogP) is 11.3. The second kappa shape index (κ2) is 20.5. The van der Waals surface area contributed by atoms with E-state index in [4.69, 9.17) is 9.26 Å². The zero-order chi connectivity index (χ0) is 36.9. The zero-order valence-corrected chi connectivity index (χ0v) is 34.3. The van der Waals surface area contributed by atoms with Crippen LogP contribution in [0.2, 0.25) is 0 Å². The number of hydrogen-bond acceptors (Lipinski definition) is 5. The van der Waals surface area contributed by atoms with E-state index in [1.54, 1.807) is 5.57 Å². The van der Waals surface area contributed by atoms with Crippen molar-refractivity contribution in [3.05, 3.63) is 11.6 Å². The van der Waals surface area contributed by atoms with Gasteiger partial charge in [-0.1, -0.05) is 104 Å². The van der Waals surface area contributed by atoms with Crippen molar-refractivity contribution < 1.29 is 28.3 Å². The summed E-state index contributed by atoms with van der Waals surface area (Å²) in [5.41, 5.74) is 2.20. The second-order valence-corrected chi connectivity index (χ2v) is 19.7. The Bertz CT molecular complexity index is 1170. The molecule has 0 saturated heterocycles. The molecule has 3 saturated carbocycles. The summed E-state index contributed by atoms with van der Waals surface area (Å²) in [5.74, 6) is 3.69. The molecular weight excluding hydrogens is 657 g/mol. The SMILES string of the molecule is CCCCCCCCCCCC(=O)O[C@H]1CC[C@@]2(C)C(=CC[C@H]3[C@@H]4CC[C@H]([C@H](C)CCC(=O)NCCCCCCOP(C)(=O)O)[C@@]4(C)CC[C@@H]32)C1. The Morgan fingerprint density at radius 1 is 0.902 bits per heavy atom. The Hall–Kier alpha value is -1.17. The third-order valence-corrected chi connectivity index (χ3v) is 14.8. The van der Waals surface area contributed by atoms with Crippen LogP contribution in [0.3, 0.4) is 0 Å². The van der Waals surface area contributed by atoms with E-state index in [-0.39, 0.29) is 23.4 Å². The Morgan fingerprint density at radius 3 is 2.31 bits per heavy atom. The molecule has 7 nitrogen and oxygen atoms in total. The molecule has 294 valence electrons. The molecular formula is C43H76NO6P. The van der Waals surface area contributed by atoms with Crippen LogP contribution in [-0.2, 0) is 23.4 Å². The van der Waals surface area contributed by atoms with Crippen molar-refractivity contribution in [2.24, 2.45) is 40.4 Å². The van der Waals surface area contributed by atoms with Crippen molar-refractivity contribution in [3.63, 3.8) is 0 Å². The number of rotatable bonds is 23. The molecule has 1 unspecified atom stereocenters. The summed E-state index contributed by atoms with van der Waals surface area (Å²) in [7, 11) is -3.38. The number of unbranched alkanes of at least 4 members (excludes halogenated alkanes) is 11. The van der Waals surface area contributed by atoms with E-state index in [1.165, 1.54) is 83.7 Å². The van der Waals surface area contributed by atoms with E-state index in [0.717, 1.165) is 82.0 Å². The first-order valence-corrected chi connectivity index (χ1v) is 23.5. The van der Waals surface area contributed by atoms with E-state index >= 15 is 0 Å². The maximum atomic E-state index is 12.8. The van der Waals surface area contributed by atoms with Crippen molar-refractivity contribution >= 4 is 19.5 Å². The predicted molar refractivity (Wildman–Crippen MR) is 208 cm³/mol. The van der Waals surface area contributed by atoms with Crippen molar-refractivity contribution in [2.45, 2.75) is 188 Å². The summed E-state index contributed by atoms with van der Waals surface area (Å²) >= 11 is 0. The fourth-order valence-electron chi connectivity index (χ4n) is 11.2. The normalized spacial score (nSPS) is 31.8. The fourth-order valence-corrected chi connectivity index (χ4v) is 11.7. The molecule has 0 bridgehead atoms. The standard InChI is InChI=1S/C43H76NO6P/c1-6-7-8-9-10-11-12-13-16-19-41(46)50-35-26-28-42(3)34(32-35)21-22-36-38-24-23-37(43(38,4)29-27-39(36)42)33(2)20-25-40(45)44-30-17-14-15-18-31-49-51(5,47)48/h21,33,35-39H,6-20,22-32H2,1-5H3,(H,44,45)(H,47,48)/t33-,35+,36+,37-,38+,39+,42+,43-/m1/s1. The first kappa shape index (κ1) is 42.6. The fraction of sp³-hybridized carbons (Fsp3) is 0.907. The number of amides is 1. The highest BCUT2D eigenvalue weighted by Gasteiger charge is 2.59. The topological polar surface area (TPSA) is 102 Å². The summed E-state index contributed by atoms with van der Waals surface area (Å²) < 4.78 is 22.2. The van der Waals surface area contributed by atoms with E-state index in [2.05, 4.69) is 39.1 Å². The third kappa shape index (κ3) is 12.4. The molecule has 0 radical (unpaired) electrons. The molecule has 0 aliphatic heterocycles. The van der Waals surface area contributed by atoms with Crippen LogP contribution in [0.25, 0.3) is 0 Å². The van der Waals surface area contributed by atoms with Crippen LogP contribution >= 0.6 is 7.60 Å². The third-order valence-electron chi connectivity index (χ3n) is 14.2. The van der Waals surface area contributed by atoms with Crippen molar-refractivity contribution in [2.75, 3.05) is 19.8 Å². The Morgan fingerprint density at radius 2 is 1.59 bits per heavy atom. The Labute approximate surface area is 312 Å². The van der Waals surface area contributed by atoms with Crippen LogP contribution in [-0.4, -0.2) is 42.7 Å². The smallest absolute Gasteiger partial charge is 0.325 e. The number of carbonyl (C=O) groups excluding carboxylic acids is 2. The highest BCUT2D eigenvalue weighted by atomic mass is 31.2. The number of nitrogens with one attached hydrogen (secondary N) is 1. The minimum Gasteiger partial charge on any atom is -0.462 e. The van der Waals surface area contributed by atoms with Crippen LogP contribution < -0.4 is 5.32 Å². The molecule has 0 heterocycles. The summed E-state index contributed by atoms with van der Waals surface area (Å²) in [5, 5.41) is 3.12. The van der Waals surface area contributed by atoms with Gasteiger partial charge in [0.25, 0.3) is 0 Å². The average Bonchev–Trinajstić information content (AvgIpc) is 3.44. The minimum absolute atomic E-state index is 0.0200. The molecule has 0 aromatic rings. The van der Waals surface area contributed by atoms with Gasteiger partial charge in [0.15, 0.2) is 0 Å². The Kier molecular flexibility index (Phi) is 17.1. The molecule has 9 atom stereocenters. The van der Waals surface area contributed by atoms with Crippen LogP contribution in [0, 0.1) is 40.4 Å². The highest BCUT2D eigenvalue weighted by molar-refractivity contribution is 7.51. The number of esters is 1. The zero-order valence-electron chi connectivity index (χ0n) is 33.4. The number of allylic oxidation sites excluding steroid dienone is 1. The van der Waals surface area contributed by atoms with Gasteiger partial charge in [0.05, 0.1) is 6.61 Å². The Balaban J connectivity index is 1.16. The molecule has 3 fully saturated rings. The van der Waals surface area contributed by atoms with Gasteiger partial charge in [-0.2, -0.15) is 0 Å². The van der Waals surface area contributed by atoms with Gasteiger partial charge in [-0.25, -0.2) is 0 Å². The van der Waals surface area contributed by atoms with Gasteiger partial charge in [-0.05, 0) is 111 Å². The number of fused-ring (bicyclic) bond motifs is 5. The molecule has 2 N–H and O–H groups in total. The molecule has 4 rings (SSSR count). The van der Waals surface area contributed by atoms with Gasteiger partial charge in [-0.15, -0.1) is 0 Å². The summed E-state index contributed by atoms with van der Waals surface area (Å²) in [6.07, 6.45) is 29.3. The number of hydrogen-bond donors (Lipinski definition) is 2. The van der Waals surface area contributed by atoms with Crippen molar-refractivity contribution in [3.8, 4) is 0 Å². The first-order chi connectivity index (χ1) is 24.4. The molecule has 1 amide bonds. The molecule has 4 aliphatic rings. The lowest BCUT2D eigenvalue weighted by Crippen LogP contribution is -2.51. The summed E-state index contributed by atoms with van der Waals surface area (Å²) in [6, 6.07) is 0. The molecule has 4 aliphatic carbocycles. The van der Waals surface area contributed by atoms with E-state index in [9.17, 15) is 19.0 Å². The number of ether oxygens (including phenoxy) is 1. The average molecular weight is 734 g/mol. The monoisotopic (exact) mass is 734 g/mol. The van der Waals surface area contributed by atoms with Crippen LogP contribution in [0.1, 0.15) is 182 Å². The van der Waals surface area contributed by atoms with Gasteiger partial charge in [0.2, 0.25) is 5.91 Å². The molecule has 0 aromatic carbocycles. The largest absolute Gasteiger partial charge is 0.462 e. The number of carbonyl (C=O) groups is 2. The lowest BCUT2D eigenvalue weighted by Gasteiger charge is -2.58. The summed E-state index contributed by atoms with van der Waals surface area (Å²) in [6.45, 7) is 12.0. The summed E-state index contributed by atoms with van der Waals surface area (Å²) in [4.78, 5) is 34.6. The van der Waals surface area contributed by atoms with Gasteiger partial charge >= 0.3 is 13.6 Å². The lowest BCUT2D eigenvalue weighted by molar-refractivity contribution is -0.151. The van der Waals surface area contributed by atoms with Crippen molar-refractivity contribution in [1.82, 2.24) is 5.32 Å². The van der Waals surface area contributed by atoms with Crippen LogP contribution in [0.4, 0.5) is 0 Å². The maximum absolute atomic E-state index is 12.8. The molecule has 0 spiro atoms. The minimum atomic E-state index is -3.38. The molecule has 8 heteroatoms. The van der Waals surface area contributed by atoms with Gasteiger partial charge in [0, 0.05) is 32.5 Å². The van der Waals surface area contributed by atoms with E-state index in [0.29, 0.717) is 43.2 Å². The van der Waals surface area contributed by atoms with Crippen molar-refractivity contribution in [1.29, 1.82) is 0 Å². The van der Waals surface area contributed by atoms with Gasteiger partial charge < -0.3 is 19.5 Å². The first-order valence-electron chi connectivity index (χ1n) is 21.5. The maximum Gasteiger partial charge on any atom is 0.325 e.